The van der Waals surface area contributed by atoms with Gasteiger partial charge in [-0.2, -0.15) is 0 Å². The number of aryl methyl sites for hydroxylation is 3. The van der Waals surface area contributed by atoms with Crippen molar-refractivity contribution in [1.29, 1.82) is 0 Å². The van der Waals surface area contributed by atoms with Gasteiger partial charge in [-0.15, -0.1) is 0 Å². The van der Waals surface area contributed by atoms with Crippen LogP contribution in [0.2, 0.25) is 0 Å². The Labute approximate surface area is 210 Å². The van der Waals surface area contributed by atoms with Crippen LogP contribution in [0, 0.1) is 25.5 Å². The number of halogens is 2. The molecule has 1 aromatic heterocycles. The lowest BCUT2D eigenvalue weighted by atomic mass is 10.1. The van der Waals surface area contributed by atoms with Crippen LogP contribution < -0.4 is 4.90 Å². The molecule has 0 radical (unpaired) electrons. The first-order valence-electron chi connectivity index (χ1n) is 12.4. The molecule has 1 aliphatic rings. The molecule has 1 saturated heterocycles. The topological polar surface area (TPSA) is 41.4 Å². The van der Waals surface area contributed by atoms with Crippen molar-refractivity contribution in [3.8, 4) is 0 Å². The molecule has 5 rings (SSSR count). The summed E-state index contributed by atoms with van der Waals surface area (Å²) in [7, 11) is 0. The largest absolute Gasteiger partial charge is 0.366 e. The van der Waals surface area contributed by atoms with Gasteiger partial charge in [0.25, 0.3) is 0 Å². The summed E-state index contributed by atoms with van der Waals surface area (Å²) in [5.41, 5.74) is 5.81. The maximum absolute atomic E-state index is 14.2. The van der Waals surface area contributed by atoms with Crippen LogP contribution in [0.15, 0.2) is 60.7 Å². The van der Waals surface area contributed by atoms with Gasteiger partial charge in [0.15, 0.2) is 0 Å². The molecule has 0 saturated carbocycles. The van der Waals surface area contributed by atoms with E-state index in [1.165, 1.54) is 29.3 Å². The van der Waals surface area contributed by atoms with Gasteiger partial charge in [0.2, 0.25) is 5.91 Å². The zero-order valence-electron chi connectivity index (χ0n) is 20.7. The summed E-state index contributed by atoms with van der Waals surface area (Å²) < 4.78 is 29.7. The summed E-state index contributed by atoms with van der Waals surface area (Å²) >= 11 is 0. The Bertz CT molecular complexity index is 1390. The third kappa shape index (κ3) is 4.96. The summed E-state index contributed by atoms with van der Waals surface area (Å²) in [6.45, 7) is 7.01. The zero-order chi connectivity index (χ0) is 25.2. The van der Waals surface area contributed by atoms with E-state index in [-0.39, 0.29) is 17.5 Å². The Morgan fingerprint density at radius 2 is 1.61 bits per heavy atom. The van der Waals surface area contributed by atoms with Crippen molar-refractivity contribution in [2.45, 2.75) is 33.2 Å². The van der Waals surface area contributed by atoms with Crippen LogP contribution in [-0.4, -0.2) is 46.5 Å². The lowest BCUT2D eigenvalue weighted by Crippen LogP contribution is -2.49. The third-order valence-electron chi connectivity index (χ3n) is 7.09. The quantitative estimate of drug-likeness (QED) is 0.372. The van der Waals surface area contributed by atoms with Gasteiger partial charge in [0.05, 0.1) is 16.7 Å². The van der Waals surface area contributed by atoms with Crippen molar-refractivity contribution >= 4 is 22.6 Å². The van der Waals surface area contributed by atoms with Gasteiger partial charge in [-0.25, -0.2) is 13.8 Å². The van der Waals surface area contributed by atoms with Gasteiger partial charge in [0, 0.05) is 45.6 Å². The Morgan fingerprint density at radius 1 is 0.917 bits per heavy atom. The Kier molecular flexibility index (Phi) is 6.72. The number of fused-ring (bicyclic) bond motifs is 1. The lowest BCUT2D eigenvalue weighted by Gasteiger charge is -2.36. The van der Waals surface area contributed by atoms with E-state index in [1.807, 2.05) is 15.9 Å². The van der Waals surface area contributed by atoms with Crippen molar-refractivity contribution in [3.05, 3.63) is 94.8 Å². The third-order valence-corrected chi connectivity index (χ3v) is 7.09. The van der Waals surface area contributed by atoms with Gasteiger partial charge in [-0.05, 0) is 66.9 Å². The maximum Gasteiger partial charge on any atom is 0.224 e. The highest BCUT2D eigenvalue weighted by atomic mass is 19.1. The molecule has 186 valence electrons. The molecule has 1 aliphatic heterocycles. The highest BCUT2D eigenvalue weighted by molar-refractivity contribution is 5.79. The Balaban J connectivity index is 1.30. The number of hydrogen-bond acceptors (Lipinski definition) is 3. The number of piperazine rings is 1. The van der Waals surface area contributed by atoms with Gasteiger partial charge in [-0.1, -0.05) is 24.3 Å². The molecule has 0 N–H and O–H groups in total. The minimum atomic E-state index is -0.265. The van der Waals surface area contributed by atoms with Crippen molar-refractivity contribution in [2.24, 2.45) is 0 Å². The number of aromatic nitrogens is 2. The smallest absolute Gasteiger partial charge is 0.224 e. The number of para-hydroxylation sites is 1. The van der Waals surface area contributed by atoms with Crippen LogP contribution in [0.4, 0.5) is 14.5 Å². The van der Waals surface area contributed by atoms with E-state index in [9.17, 15) is 13.6 Å². The van der Waals surface area contributed by atoms with Gasteiger partial charge in [0.1, 0.15) is 17.5 Å². The molecule has 0 bridgehead atoms. The lowest BCUT2D eigenvalue weighted by molar-refractivity contribution is -0.131. The van der Waals surface area contributed by atoms with E-state index in [4.69, 9.17) is 4.98 Å². The van der Waals surface area contributed by atoms with E-state index >= 15 is 0 Å². The molecule has 1 amide bonds. The second-order valence-electron chi connectivity index (χ2n) is 9.48. The van der Waals surface area contributed by atoms with Crippen molar-refractivity contribution < 1.29 is 13.6 Å². The summed E-state index contributed by atoms with van der Waals surface area (Å²) in [5, 5.41) is 0. The van der Waals surface area contributed by atoms with E-state index < -0.39 is 0 Å². The summed E-state index contributed by atoms with van der Waals surface area (Å²) in [6.07, 6.45) is 0.914. The van der Waals surface area contributed by atoms with Crippen LogP contribution in [0.3, 0.4) is 0 Å². The monoisotopic (exact) mass is 488 g/mol. The van der Waals surface area contributed by atoms with Crippen LogP contribution in [0.5, 0.6) is 0 Å². The molecule has 0 unspecified atom stereocenters. The number of hydrogen-bond donors (Lipinski definition) is 0. The summed E-state index contributed by atoms with van der Waals surface area (Å²) in [6, 6.07) is 17.4. The number of amides is 1. The predicted molar refractivity (Wildman–Crippen MR) is 138 cm³/mol. The first-order chi connectivity index (χ1) is 17.4. The standard InChI is InChI=1S/C29H30F2N4O/c1-20-17-25-27(18-21(20)2)35(28(32-25)19-22-7-9-23(30)10-8-22)12-11-29(36)34-15-13-33(14-16-34)26-6-4-3-5-24(26)31/h3-10,17-18H,11-16,19H2,1-2H3. The van der Waals surface area contributed by atoms with Crippen LogP contribution in [0.25, 0.3) is 11.0 Å². The SMILES string of the molecule is Cc1cc2nc(Cc3ccc(F)cc3)n(CCC(=O)N3CCN(c4ccccc4F)CC3)c2cc1C. The van der Waals surface area contributed by atoms with Gasteiger partial charge >= 0.3 is 0 Å². The molecule has 2 heterocycles. The van der Waals surface area contributed by atoms with Crippen molar-refractivity contribution in [1.82, 2.24) is 14.5 Å². The molecule has 4 aromatic rings. The second kappa shape index (κ2) is 10.1. The number of imidazole rings is 1. The second-order valence-corrected chi connectivity index (χ2v) is 9.48. The molecule has 5 nitrogen and oxygen atoms in total. The molecule has 36 heavy (non-hydrogen) atoms. The number of rotatable bonds is 6. The molecular formula is C29H30F2N4O. The predicted octanol–water partition coefficient (Wildman–Crippen LogP) is 5.26. The van der Waals surface area contributed by atoms with E-state index in [2.05, 4.69) is 30.5 Å². The first kappa shape index (κ1) is 24.0. The fourth-order valence-electron chi connectivity index (χ4n) is 4.87. The Morgan fingerprint density at radius 3 is 2.33 bits per heavy atom. The highest BCUT2D eigenvalue weighted by Crippen LogP contribution is 2.24. The van der Waals surface area contributed by atoms with E-state index in [1.54, 1.807) is 24.3 Å². The zero-order valence-corrected chi connectivity index (χ0v) is 20.7. The molecule has 0 atom stereocenters. The maximum atomic E-state index is 14.2. The van der Waals surface area contributed by atoms with Crippen molar-refractivity contribution in [2.75, 3.05) is 31.1 Å². The molecule has 0 aliphatic carbocycles. The summed E-state index contributed by atoms with van der Waals surface area (Å²) in [4.78, 5) is 21.9. The normalized spacial score (nSPS) is 14.0. The summed E-state index contributed by atoms with van der Waals surface area (Å²) in [5.74, 6) is 0.447. The number of carbonyl (C=O) groups is 1. The molecular weight excluding hydrogens is 458 g/mol. The molecule has 1 fully saturated rings. The fourth-order valence-corrected chi connectivity index (χ4v) is 4.87. The number of nitrogens with zero attached hydrogens (tertiary/aromatic N) is 4. The van der Waals surface area contributed by atoms with Gasteiger partial charge < -0.3 is 14.4 Å². The molecule has 0 spiro atoms. The average molecular weight is 489 g/mol. The average Bonchev–Trinajstić information content (AvgIpc) is 3.20. The van der Waals surface area contributed by atoms with E-state index in [0.29, 0.717) is 51.3 Å². The first-order valence-corrected chi connectivity index (χ1v) is 12.4. The number of benzene rings is 3. The molecule has 3 aromatic carbocycles. The van der Waals surface area contributed by atoms with Crippen LogP contribution in [0.1, 0.15) is 28.9 Å². The van der Waals surface area contributed by atoms with E-state index in [0.717, 1.165) is 22.4 Å². The molecule has 7 heteroatoms. The van der Waals surface area contributed by atoms with Crippen LogP contribution in [-0.2, 0) is 17.8 Å². The highest BCUT2D eigenvalue weighted by Gasteiger charge is 2.23. The Hall–Kier alpha value is -3.74. The number of anilines is 1. The minimum absolute atomic E-state index is 0.0848. The van der Waals surface area contributed by atoms with Crippen molar-refractivity contribution in [3.63, 3.8) is 0 Å². The minimum Gasteiger partial charge on any atom is -0.366 e. The van der Waals surface area contributed by atoms with Crippen LogP contribution >= 0.6 is 0 Å². The van der Waals surface area contributed by atoms with Gasteiger partial charge in [-0.3, -0.25) is 4.79 Å². The fraction of sp³-hybridized carbons (Fsp3) is 0.310. The number of carbonyl (C=O) groups excluding carboxylic acids is 1.